The molecule has 0 aromatic carbocycles. The van der Waals surface area contributed by atoms with Crippen molar-refractivity contribution in [3.8, 4) is 0 Å². The predicted molar refractivity (Wildman–Crippen MR) is 76.5 cm³/mol. The molecule has 1 aliphatic rings. The number of imidazole rings is 1. The average Bonchev–Trinajstić information content (AvgIpc) is 2.88. The number of nitrogens with zero attached hydrogens (tertiary/aromatic N) is 4. The monoisotopic (exact) mass is 280 g/mol. The summed E-state index contributed by atoms with van der Waals surface area (Å²) in [7, 11) is 0. The Labute approximate surface area is 117 Å². The molecule has 0 spiro atoms. The van der Waals surface area contributed by atoms with Crippen LogP contribution in [0.4, 0.5) is 0 Å². The lowest BCUT2D eigenvalue weighted by Crippen LogP contribution is -2.32. The van der Waals surface area contributed by atoms with E-state index < -0.39 is 0 Å². The third-order valence-corrected chi connectivity index (χ3v) is 4.40. The van der Waals surface area contributed by atoms with Crippen molar-refractivity contribution in [1.82, 2.24) is 19.2 Å². The topological polar surface area (TPSA) is 44.0 Å². The predicted octanol–water partition coefficient (Wildman–Crippen LogP) is 0.896. The number of β-amino-alcohol motifs (C(OH)–C–C–N with tert-alkyl or cyclic N) is 1. The first-order valence-corrected chi connectivity index (χ1v) is 7.70. The fourth-order valence-corrected chi connectivity index (χ4v) is 3.35. The van der Waals surface area contributed by atoms with Crippen LogP contribution in [0.2, 0.25) is 0 Å². The van der Waals surface area contributed by atoms with Crippen LogP contribution in [0.15, 0.2) is 17.8 Å². The lowest BCUT2D eigenvalue weighted by atomic mass is 10.3. The molecule has 0 unspecified atom stereocenters. The van der Waals surface area contributed by atoms with Crippen molar-refractivity contribution in [2.24, 2.45) is 0 Å². The van der Waals surface area contributed by atoms with Crippen LogP contribution in [-0.2, 0) is 6.54 Å². The van der Waals surface area contributed by atoms with Crippen molar-refractivity contribution >= 4 is 16.3 Å². The first-order valence-electron chi connectivity index (χ1n) is 6.82. The number of rotatable bonds is 4. The molecule has 2 aromatic heterocycles. The van der Waals surface area contributed by atoms with E-state index in [4.69, 9.17) is 5.11 Å². The highest BCUT2D eigenvalue weighted by Gasteiger charge is 2.15. The number of fused-ring (bicyclic) bond motifs is 1. The summed E-state index contributed by atoms with van der Waals surface area (Å²) in [5, 5.41) is 11.1. The van der Waals surface area contributed by atoms with Gasteiger partial charge in [0.2, 0.25) is 0 Å². The Balaban J connectivity index is 1.59. The van der Waals surface area contributed by atoms with Gasteiger partial charge in [-0.25, -0.2) is 4.98 Å². The Morgan fingerprint density at radius 1 is 1.21 bits per heavy atom. The van der Waals surface area contributed by atoms with Crippen LogP contribution in [0.3, 0.4) is 0 Å². The molecule has 0 saturated carbocycles. The van der Waals surface area contributed by atoms with Gasteiger partial charge in [-0.1, -0.05) is 0 Å². The summed E-state index contributed by atoms with van der Waals surface area (Å²) in [6.45, 7) is 6.31. The molecule has 0 aliphatic carbocycles. The zero-order valence-electron chi connectivity index (χ0n) is 11.0. The summed E-state index contributed by atoms with van der Waals surface area (Å²) in [6.07, 6.45) is 5.35. The Kier molecular flexibility index (Phi) is 4.12. The third kappa shape index (κ3) is 3.14. The second-order valence-electron chi connectivity index (χ2n) is 5.02. The molecular formula is C13H20N4OS. The molecular weight excluding hydrogens is 260 g/mol. The summed E-state index contributed by atoms with van der Waals surface area (Å²) in [6, 6.07) is 0. The van der Waals surface area contributed by atoms with Crippen molar-refractivity contribution in [1.29, 1.82) is 0 Å². The van der Waals surface area contributed by atoms with Gasteiger partial charge in [0.1, 0.15) is 0 Å². The number of hydrogen-bond donors (Lipinski definition) is 1. The van der Waals surface area contributed by atoms with E-state index in [1.807, 2.05) is 0 Å². The molecule has 1 N–H and O–H groups in total. The summed E-state index contributed by atoms with van der Waals surface area (Å²) in [5.41, 5.74) is 1.16. The van der Waals surface area contributed by atoms with Gasteiger partial charge in [-0.3, -0.25) is 14.2 Å². The lowest BCUT2D eigenvalue weighted by molar-refractivity contribution is 0.195. The minimum absolute atomic E-state index is 0.261. The van der Waals surface area contributed by atoms with Gasteiger partial charge < -0.3 is 5.11 Å². The van der Waals surface area contributed by atoms with E-state index in [1.165, 1.54) is 6.42 Å². The highest BCUT2D eigenvalue weighted by molar-refractivity contribution is 7.15. The van der Waals surface area contributed by atoms with E-state index in [-0.39, 0.29) is 6.61 Å². The van der Waals surface area contributed by atoms with Gasteiger partial charge in [0, 0.05) is 44.0 Å². The van der Waals surface area contributed by atoms with Crippen LogP contribution in [0.25, 0.3) is 4.96 Å². The molecule has 3 heterocycles. The molecule has 0 radical (unpaired) electrons. The molecule has 104 valence electrons. The van der Waals surface area contributed by atoms with E-state index in [9.17, 15) is 0 Å². The molecule has 1 aliphatic heterocycles. The molecule has 6 heteroatoms. The van der Waals surface area contributed by atoms with E-state index >= 15 is 0 Å². The largest absolute Gasteiger partial charge is 0.395 e. The maximum Gasteiger partial charge on any atom is 0.193 e. The van der Waals surface area contributed by atoms with Crippen molar-refractivity contribution in [2.75, 3.05) is 39.3 Å². The quantitative estimate of drug-likeness (QED) is 0.903. The van der Waals surface area contributed by atoms with Gasteiger partial charge in [0.05, 0.1) is 12.3 Å². The summed E-state index contributed by atoms with van der Waals surface area (Å²) >= 11 is 1.68. The van der Waals surface area contributed by atoms with E-state index in [0.717, 1.165) is 49.9 Å². The molecule has 1 fully saturated rings. The number of aliphatic hydroxyl groups is 1. The first-order chi connectivity index (χ1) is 9.35. The molecule has 0 amide bonds. The van der Waals surface area contributed by atoms with Gasteiger partial charge >= 0.3 is 0 Å². The average molecular weight is 280 g/mol. The first kappa shape index (κ1) is 13.1. The Bertz CT molecular complexity index is 495. The van der Waals surface area contributed by atoms with Gasteiger partial charge in [-0.15, -0.1) is 11.3 Å². The summed E-state index contributed by atoms with van der Waals surface area (Å²) in [4.78, 5) is 10.5. The van der Waals surface area contributed by atoms with Crippen molar-refractivity contribution < 1.29 is 5.11 Å². The van der Waals surface area contributed by atoms with Crippen LogP contribution < -0.4 is 0 Å². The van der Waals surface area contributed by atoms with Crippen molar-refractivity contribution in [3.63, 3.8) is 0 Å². The minimum atomic E-state index is 0.261. The Hall–Kier alpha value is -0.950. The smallest absolute Gasteiger partial charge is 0.193 e. The number of aliphatic hydroxyl groups excluding tert-OH is 1. The van der Waals surface area contributed by atoms with Crippen molar-refractivity contribution in [2.45, 2.75) is 13.0 Å². The van der Waals surface area contributed by atoms with Crippen LogP contribution in [0.5, 0.6) is 0 Å². The number of thiazole rings is 1. The standard InChI is InChI=1S/C13H20N4OS/c18-8-6-15-2-1-3-16(5-4-15)10-12-11-17-7-9-19-13(17)14-12/h7,9,11,18H,1-6,8,10H2. The molecule has 0 bridgehead atoms. The highest BCUT2D eigenvalue weighted by Crippen LogP contribution is 2.13. The van der Waals surface area contributed by atoms with E-state index in [2.05, 4.69) is 37.0 Å². The van der Waals surface area contributed by atoms with Crippen molar-refractivity contribution in [3.05, 3.63) is 23.5 Å². The van der Waals surface area contributed by atoms with E-state index in [1.54, 1.807) is 11.3 Å². The zero-order valence-corrected chi connectivity index (χ0v) is 11.8. The number of aromatic nitrogens is 2. The summed E-state index contributed by atoms with van der Waals surface area (Å²) < 4.78 is 2.09. The zero-order chi connectivity index (χ0) is 13.1. The summed E-state index contributed by atoms with van der Waals surface area (Å²) in [5.74, 6) is 0. The lowest BCUT2D eigenvalue weighted by Gasteiger charge is -2.20. The second kappa shape index (κ2) is 6.00. The van der Waals surface area contributed by atoms with Gasteiger partial charge in [0.15, 0.2) is 4.96 Å². The van der Waals surface area contributed by atoms with Gasteiger partial charge in [0.25, 0.3) is 0 Å². The Morgan fingerprint density at radius 2 is 2.05 bits per heavy atom. The minimum Gasteiger partial charge on any atom is -0.395 e. The SMILES string of the molecule is OCCN1CCCN(Cc2cn3ccsc3n2)CC1. The third-order valence-electron chi connectivity index (χ3n) is 3.63. The van der Waals surface area contributed by atoms with Gasteiger partial charge in [-0.2, -0.15) is 0 Å². The van der Waals surface area contributed by atoms with Crippen LogP contribution in [0, 0.1) is 0 Å². The van der Waals surface area contributed by atoms with Gasteiger partial charge in [-0.05, 0) is 19.5 Å². The maximum absolute atomic E-state index is 9.00. The number of hydrogen-bond acceptors (Lipinski definition) is 5. The molecule has 0 atom stereocenters. The molecule has 2 aromatic rings. The second-order valence-corrected chi connectivity index (χ2v) is 5.89. The maximum atomic E-state index is 9.00. The fraction of sp³-hybridized carbons (Fsp3) is 0.615. The molecule has 1 saturated heterocycles. The fourth-order valence-electron chi connectivity index (χ4n) is 2.63. The van der Waals surface area contributed by atoms with Crippen LogP contribution in [0.1, 0.15) is 12.1 Å². The molecule has 3 rings (SSSR count). The van der Waals surface area contributed by atoms with Crippen LogP contribution in [-0.4, -0.2) is 63.6 Å². The molecule has 5 nitrogen and oxygen atoms in total. The molecule has 19 heavy (non-hydrogen) atoms. The van der Waals surface area contributed by atoms with Crippen LogP contribution >= 0.6 is 11.3 Å². The Morgan fingerprint density at radius 3 is 2.89 bits per heavy atom. The van der Waals surface area contributed by atoms with E-state index in [0.29, 0.717) is 0 Å². The normalized spacial score (nSPS) is 19.0. The highest BCUT2D eigenvalue weighted by atomic mass is 32.1.